The SMILES string of the molecule is COC(=O)c1cc(OC(F)F)ccc1CCC=O. The number of hydrogen-bond acceptors (Lipinski definition) is 4. The van der Waals surface area contributed by atoms with Crippen LogP contribution in [0.1, 0.15) is 22.3 Å². The predicted octanol–water partition coefficient (Wildman–Crippen LogP) is 2.21. The molecule has 0 aliphatic rings. The molecule has 6 heteroatoms. The second kappa shape index (κ2) is 6.68. The summed E-state index contributed by atoms with van der Waals surface area (Å²) in [7, 11) is 1.19. The number of aryl methyl sites for hydroxylation is 1. The Hall–Kier alpha value is -1.98. The Kier molecular flexibility index (Phi) is 5.23. The second-order valence-corrected chi connectivity index (χ2v) is 3.39. The lowest BCUT2D eigenvalue weighted by Crippen LogP contribution is -2.08. The summed E-state index contributed by atoms with van der Waals surface area (Å²) >= 11 is 0. The lowest BCUT2D eigenvalue weighted by atomic mass is 10.0. The summed E-state index contributed by atoms with van der Waals surface area (Å²) in [6, 6.07) is 3.96. The minimum absolute atomic E-state index is 0.123. The van der Waals surface area contributed by atoms with Gasteiger partial charge < -0.3 is 14.3 Å². The number of benzene rings is 1. The van der Waals surface area contributed by atoms with Crippen molar-refractivity contribution in [1.29, 1.82) is 0 Å². The van der Waals surface area contributed by atoms with Crippen molar-refractivity contribution < 1.29 is 27.8 Å². The normalized spacial score (nSPS) is 10.2. The second-order valence-electron chi connectivity index (χ2n) is 3.39. The monoisotopic (exact) mass is 258 g/mol. The van der Waals surface area contributed by atoms with Crippen molar-refractivity contribution in [3.63, 3.8) is 0 Å². The van der Waals surface area contributed by atoms with Crippen LogP contribution in [0.2, 0.25) is 0 Å². The van der Waals surface area contributed by atoms with Gasteiger partial charge in [-0.2, -0.15) is 8.78 Å². The first-order valence-electron chi connectivity index (χ1n) is 5.18. The molecule has 0 spiro atoms. The van der Waals surface area contributed by atoms with Crippen LogP contribution in [-0.4, -0.2) is 26.0 Å². The molecule has 0 bridgehead atoms. The fourth-order valence-corrected chi connectivity index (χ4v) is 1.46. The molecule has 1 rings (SSSR count). The maximum atomic E-state index is 12.1. The quantitative estimate of drug-likeness (QED) is 0.580. The topological polar surface area (TPSA) is 52.6 Å². The van der Waals surface area contributed by atoms with Gasteiger partial charge in [-0.1, -0.05) is 6.07 Å². The molecule has 18 heavy (non-hydrogen) atoms. The molecule has 0 atom stereocenters. The Morgan fingerprint density at radius 2 is 2.17 bits per heavy atom. The van der Waals surface area contributed by atoms with Crippen molar-refractivity contribution in [2.75, 3.05) is 7.11 Å². The molecular weight excluding hydrogens is 246 g/mol. The average Bonchev–Trinajstić information content (AvgIpc) is 2.35. The van der Waals surface area contributed by atoms with E-state index < -0.39 is 12.6 Å². The summed E-state index contributed by atoms with van der Waals surface area (Å²) in [6.07, 6.45) is 1.28. The highest BCUT2D eigenvalue weighted by molar-refractivity contribution is 5.91. The highest BCUT2D eigenvalue weighted by atomic mass is 19.3. The van der Waals surface area contributed by atoms with E-state index in [9.17, 15) is 18.4 Å². The molecule has 0 heterocycles. The largest absolute Gasteiger partial charge is 0.465 e. The molecule has 1 aromatic rings. The number of carbonyl (C=O) groups excluding carboxylic acids is 2. The molecule has 0 aromatic heterocycles. The first kappa shape index (κ1) is 14.1. The van der Waals surface area contributed by atoms with Crippen molar-refractivity contribution in [3.8, 4) is 5.75 Å². The van der Waals surface area contributed by atoms with Gasteiger partial charge in [-0.25, -0.2) is 4.79 Å². The van der Waals surface area contributed by atoms with E-state index in [4.69, 9.17) is 0 Å². The van der Waals surface area contributed by atoms with Crippen molar-refractivity contribution in [2.45, 2.75) is 19.5 Å². The van der Waals surface area contributed by atoms with Gasteiger partial charge in [-0.15, -0.1) is 0 Å². The van der Waals surface area contributed by atoms with E-state index in [-0.39, 0.29) is 17.7 Å². The Balaban J connectivity index is 3.03. The minimum Gasteiger partial charge on any atom is -0.465 e. The van der Waals surface area contributed by atoms with Crippen LogP contribution in [0, 0.1) is 0 Å². The molecule has 0 aliphatic heterocycles. The molecule has 0 radical (unpaired) electrons. The van der Waals surface area contributed by atoms with Crippen molar-refractivity contribution in [2.24, 2.45) is 0 Å². The Morgan fingerprint density at radius 1 is 1.44 bits per heavy atom. The highest BCUT2D eigenvalue weighted by Gasteiger charge is 2.14. The molecule has 0 unspecified atom stereocenters. The van der Waals surface area contributed by atoms with E-state index in [1.807, 2.05) is 0 Å². The third-order valence-electron chi connectivity index (χ3n) is 2.24. The van der Waals surface area contributed by atoms with Crippen LogP contribution in [0.4, 0.5) is 8.78 Å². The first-order chi connectivity index (χ1) is 8.58. The molecule has 0 fully saturated rings. The van der Waals surface area contributed by atoms with Gasteiger partial charge in [0, 0.05) is 6.42 Å². The summed E-state index contributed by atoms with van der Waals surface area (Å²) in [5, 5.41) is 0. The Morgan fingerprint density at radius 3 is 2.72 bits per heavy atom. The summed E-state index contributed by atoms with van der Waals surface area (Å²) < 4.78 is 32.9. The number of ether oxygens (including phenoxy) is 2. The van der Waals surface area contributed by atoms with Gasteiger partial charge in [-0.05, 0) is 24.1 Å². The molecule has 98 valence electrons. The number of carbonyl (C=O) groups is 2. The summed E-state index contributed by atoms with van der Waals surface area (Å²) in [5.74, 6) is -0.782. The average molecular weight is 258 g/mol. The first-order valence-corrected chi connectivity index (χ1v) is 5.18. The summed E-state index contributed by atoms with van der Waals surface area (Å²) in [5.41, 5.74) is 0.674. The minimum atomic E-state index is -2.96. The Labute approximate surface area is 103 Å². The fraction of sp³-hybridized carbons (Fsp3) is 0.333. The molecule has 1 aromatic carbocycles. The number of rotatable bonds is 6. The van der Waals surface area contributed by atoms with E-state index in [0.717, 1.165) is 0 Å². The zero-order chi connectivity index (χ0) is 13.5. The van der Waals surface area contributed by atoms with E-state index in [1.165, 1.54) is 25.3 Å². The molecule has 0 aliphatic carbocycles. The van der Waals surface area contributed by atoms with Gasteiger partial charge in [0.15, 0.2) is 0 Å². The van der Waals surface area contributed by atoms with Crippen molar-refractivity contribution >= 4 is 12.3 Å². The number of halogens is 2. The van der Waals surface area contributed by atoms with E-state index >= 15 is 0 Å². The molecule has 4 nitrogen and oxygen atoms in total. The predicted molar refractivity (Wildman–Crippen MR) is 58.8 cm³/mol. The van der Waals surface area contributed by atoms with Crippen LogP contribution in [0.15, 0.2) is 18.2 Å². The maximum absolute atomic E-state index is 12.1. The van der Waals surface area contributed by atoms with Gasteiger partial charge in [0.25, 0.3) is 0 Å². The summed E-state index contributed by atoms with van der Waals surface area (Å²) in [4.78, 5) is 21.8. The molecule has 0 N–H and O–H groups in total. The van der Waals surface area contributed by atoms with Crippen LogP contribution in [-0.2, 0) is 16.0 Å². The number of aldehydes is 1. The van der Waals surface area contributed by atoms with Crippen LogP contribution in [0.3, 0.4) is 0 Å². The highest BCUT2D eigenvalue weighted by Crippen LogP contribution is 2.21. The number of esters is 1. The third-order valence-corrected chi connectivity index (χ3v) is 2.24. The van der Waals surface area contributed by atoms with Crippen molar-refractivity contribution in [1.82, 2.24) is 0 Å². The number of alkyl halides is 2. The maximum Gasteiger partial charge on any atom is 0.387 e. The zero-order valence-corrected chi connectivity index (χ0v) is 9.69. The van der Waals surface area contributed by atoms with E-state index in [2.05, 4.69) is 9.47 Å². The van der Waals surface area contributed by atoms with Gasteiger partial charge in [0.1, 0.15) is 12.0 Å². The smallest absolute Gasteiger partial charge is 0.387 e. The van der Waals surface area contributed by atoms with Crippen LogP contribution in [0.25, 0.3) is 0 Å². The van der Waals surface area contributed by atoms with Crippen LogP contribution in [0.5, 0.6) is 5.75 Å². The molecular formula is C12H12F2O4. The van der Waals surface area contributed by atoms with Gasteiger partial charge in [-0.3, -0.25) is 0 Å². The molecule has 0 saturated carbocycles. The van der Waals surface area contributed by atoms with Crippen LogP contribution >= 0.6 is 0 Å². The van der Waals surface area contributed by atoms with E-state index in [0.29, 0.717) is 18.3 Å². The fourth-order valence-electron chi connectivity index (χ4n) is 1.46. The summed E-state index contributed by atoms with van der Waals surface area (Å²) in [6.45, 7) is -2.96. The molecule has 0 saturated heterocycles. The zero-order valence-electron chi connectivity index (χ0n) is 9.69. The standard InChI is InChI=1S/C12H12F2O4/c1-17-11(16)10-7-9(18-12(13)14)5-4-8(10)3-2-6-15/h4-7,12H,2-3H2,1H3. The van der Waals surface area contributed by atoms with Crippen molar-refractivity contribution in [3.05, 3.63) is 29.3 Å². The lowest BCUT2D eigenvalue weighted by molar-refractivity contribution is -0.107. The van der Waals surface area contributed by atoms with Gasteiger partial charge in [0.2, 0.25) is 0 Å². The Bertz CT molecular complexity index is 432. The molecule has 0 amide bonds. The van der Waals surface area contributed by atoms with Gasteiger partial charge in [0.05, 0.1) is 12.7 Å². The number of hydrogen-bond donors (Lipinski definition) is 0. The third kappa shape index (κ3) is 3.80. The number of methoxy groups -OCH3 is 1. The lowest BCUT2D eigenvalue weighted by Gasteiger charge is -2.10. The van der Waals surface area contributed by atoms with Gasteiger partial charge >= 0.3 is 12.6 Å². The van der Waals surface area contributed by atoms with E-state index in [1.54, 1.807) is 0 Å². The van der Waals surface area contributed by atoms with Crippen LogP contribution < -0.4 is 4.74 Å².